The highest BCUT2D eigenvalue weighted by Gasteiger charge is 1.89. The lowest BCUT2D eigenvalue weighted by atomic mass is 10.1. The Labute approximate surface area is 126 Å². The first-order valence-electron chi connectivity index (χ1n) is 8.65. The van der Waals surface area contributed by atoms with Gasteiger partial charge in [-0.1, -0.05) is 63.3 Å². The van der Waals surface area contributed by atoms with Crippen molar-refractivity contribution in [2.24, 2.45) is 0 Å². The molecule has 0 saturated carbocycles. The molecule has 0 aliphatic rings. The molecule has 0 amide bonds. The van der Waals surface area contributed by atoms with E-state index in [9.17, 15) is 4.79 Å². The van der Waals surface area contributed by atoms with Crippen molar-refractivity contribution in [3.8, 4) is 0 Å². The first-order valence-corrected chi connectivity index (χ1v) is 8.65. The van der Waals surface area contributed by atoms with Crippen molar-refractivity contribution in [1.82, 2.24) is 0 Å². The van der Waals surface area contributed by atoms with E-state index in [1.54, 1.807) is 0 Å². The molecule has 0 aromatic heterocycles. The maximum Gasteiger partial charge on any atom is 0.120 e. The second-order valence-corrected chi connectivity index (χ2v) is 5.53. The molecule has 0 aliphatic heterocycles. The van der Waals surface area contributed by atoms with Crippen LogP contribution in [0.25, 0.3) is 0 Å². The molecule has 0 heterocycles. The van der Waals surface area contributed by atoms with Crippen LogP contribution in [-0.2, 0) is 4.79 Å². The van der Waals surface area contributed by atoms with E-state index >= 15 is 0 Å². The van der Waals surface area contributed by atoms with Crippen LogP contribution in [0.4, 0.5) is 0 Å². The van der Waals surface area contributed by atoms with Crippen LogP contribution < -0.4 is 0 Å². The summed E-state index contributed by atoms with van der Waals surface area (Å²) >= 11 is 0. The lowest BCUT2D eigenvalue weighted by Crippen LogP contribution is -1.79. The highest BCUT2D eigenvalue weighted by atomic mass is 16.1. The van der Waals surface area contributed by atoms with E-state index in [-0.39, 0.29) is 0 Å². The first-order chi connectivity index (χ1) is 9.91. The Morgan fingerprint density at radius 1 is 0.550 bits per heavy atom. The molecular weight excluding hydrogens is 244 g/mol. The van der Waals surface area contributed by atoms with Crippen LogP contribution in [0.1, 0.15) is 90.4 Å². The quantitative estimate of drug-likeness (QED) is 0.193. The van der Waals surface area contributed by atoms with E-state index in [2.05, 4.69) is 31.2 Å². The number of unbranched alkanes of at least 4 members (excludes halogenated alkanes) is 10. The van der Waals surface area contributed by atoms with Crippen molar-refractivity contribution in [1.29, 1.82) is 0 Å². The van der Waals surface area contributed by atoms with Gasteiger partial charge in [0.05, 0.1) is 0 Å². The third kappa shape index (κ3) is 17.2. The average molecular weight is 278 g/mol. The number of hydrogen-bond donors (Lipinski definition) is 0. The Hall–Kier alpha value is -0.850. The zero-order valence-corrected chi connectivity index (χ0v) is 13.5. The fourth-order valence-electron chi connectivity index (χ4n) is 2.20. The molecule has 0 saturated heterocycles. The van der Waals surface area contributed by atoms with E-state index in [0.29, 0.717) is 6.42 Å². The molecule has 0 radical (unpaired) electrons. The Morgan fingerprint density at radius 3 is 1.50 bits per heavy atom. The van der Waals surface area contributed by atoms with Gasteiger partial charge in [-0.2, -0.15) is 0 Å². The Balaban J connectivity index is 3.09. The van der Waals surface area contributed by atoms with Gasteiger partial charge >= 0.3 is 0 Å². The zero-order chi connectivity index (χ0) is 14.7. The van der Waals surface area contributed by atoms with Gasteiger partial charge in [0.2, 0.25) is 0 Å². The molecule has 20 heavy (non-hydrogen) atoms. The highest BCUT2D eigenvalue weighted by molar-refractivity contribution is 5.49. The predicted molar refractivity (Wildman–Crippen MR) is 90.0 cm³/mol. The molecule has 0 spiro atoms. The maximum atomic E-state index is 10.1. The van der Waals surface area contributed by atoms with Gasteiger partial charge in [-0.3, -0.25) is 0 Å². The number of hydrogen-bond acceptors (Lipinski definition) is 1. The van der Waals surface area contributed by atoms with Gasteiger partial charge in [0.1, 0.15) is 6.29 Å². The summed E-state index contributed by atoms with van der Waals surface area (Å²) in [6.45, 7) is 2.25. The van der Waals surface area contributed by atoms with E-state index in [1.165, 1.54) is 70.6 Å². The third-order valence-corrected chi connectivity index (χ3v) is 3.50. The van der Waals surface area contributed by atoms with E-state index < -0.39 is 0 Å². The number of carbonyl (C=O) groups is 1. The summed E-state index contributed by atoms with van der Waals surface area (Å²) in [7, 11) is 0. The Morgan fingerprint density at radius 2 is 1.00 bits per heavy atom. The van der Waals surface area contributed by atoms with Gasteiger partial charge in [-0.25, -0.2) is 0 Å². The van der Waals surface area contributed by atoms with Crippen LogP contribution in [0.3, 0.4) is 0 Å². The van der Waals surface area contributed by atoms with Crippen LogP contribution in [0.5, 0.6) is 0 Å². The summed E-state index contributed by atoms with van der Waals surface area (Å²) in [6.07, 6.45) is 26.1. The second kappa shape index (κ2) is 18.1. The zero-order valence-electron chi connectivity index (χ0n) is 13.5. The Bertz CT molecular complexity index is 240. The second-order valence-electron chi connectivity index (χ2n) is 5.53. The molecule has 0 aliphatic carbocycles. The number of rotatable bonds is 15. The van der Waals surface area contributed by atoms with Crippen molar-refractivity contribution in [3.05, 3.63) is 24.3 Å². The molecule has 0 N–H and O–H groups in total. The van der Waals surface area contributed by atoms with Gasteiger partial charge in [0.25, 0.3) is 0 Å². The van der Waals surface area contributed by atoms with Crippen molar-refractivity contribution in [3.63, 3.8) is 0 Å². The summed E-state index contributed by atoms with van der Waals surface area (Å²) in [5, 5.41) is 0. The van der Waals surface area contributed by atoms with Crippen molar-refractivity contribution >= 4 is 6.29 Å². The fourth-order valence-corrected chi connectivity index (χ4v) is 2.20. The molecule has 0 unspecified atom stereocenters. The normalized spacial score (nSPS) is 11.7. The number of carbonyl (C=O) groups excluding carboxylic acids is 1. The molecule has 1 nitrogen and oxygen atoms in total. The third-order valence-electron chi connectivity index (χ3n) is 3.50. The number of aldehydes is 1. The van der Waals surface area contributed by atoms with E-state index in [4.69, 9.17) is 0 Å². The largest absolute Gasteiger partial charge is 0.303 e. The average Bonchev–Trinajstić information content (AvgIpc) is 2.47. The minimum absolute atomic E-state index is 0.669. The fraction of sp³-hybridized carbons (Fsp3) is 0.737. The van der Waals surface area contributed by atoms with Gasteiger partial charge in [-0.05, 0) is 44.9 Å². The molecule has 1 heteroatoms. The topological polar surface area (TPSA) is 17.1 Å². The van der Waals surface area contributed by atoms with Gasteiger partial charge in [-0.15, -0.1) is 0 Å². The first kappa shape index (κ1) is 19.1. The van der Waals surface area contributed by atoms with Gasteiger partial charge < -0.3 is 4.79 Å². The molecule has 0 bridgehead atoms. The summed E-state index contributed by atoms with van der Waals surface area (Å²) in [5.74, 6) is 0. The van der Waals surface area contributed by atoms with Crippen LogP contribution in [0.2, 0.25) is 0 Å². The molecular formula is C19H34O. The van der Waals surface area contributed by atoms with Gasteiger partial charge in [0.15, 0.2) is 0 Å². The molecule has 0 aromatic carbocycles. The monoisotopic (exact) mass is 278 g/mol. The summed E-state index contributed by atoms with van der Waals surface area (Å²) < 4.78 is 0. The number of allylic oxidation sites excluding steroid dienone is 4. The minimum Gasteiger partial charge on any atom is -0.303 e. The van der Waals surface area contributed by atoms with Crippen molar-refractivity contribution in [2.75, 3.05) is 0 Å². The van der Waals surface area contributed by atoms with Crippen LogP contribution in [0, 0.1) is 0 Å². The molecule has 0 fully saturated rings. The van der Waals surface area contributed by atoms with E-state index in [0.717, 1.165) is 12.7 Å². The molecule has 116 valence electrons. The standard InChI is InChI=1S/C19H34O/c1-2-3-4-5-6-7-8-9-10-11-12-13-14-15-16-17-18-19-20/h6-7,15-16,19H,2-5,8-14,17-18H2,1H3/b7-6+,16-15+. The molecule has 0 atom stereocenters. The lowest BCUT2D eigenvalue weighted by Gasteiger charge is -1.98. The summed E-state index contributed by atoms with van der Waals surface area (Å²) in [5.41, 5.74) is 0. The van der Waals surface area contributed by atoms with Crippen LogP contribution in [0.15, 0.2) is 24.3 Å². The summed E-state index contributed by atoms with van der Waals surface area (Å²) in [4.78, 5) is 10.1. The smallest absolute Gasteiger partial charge is 0.120 e. The predicted octanol–water partition coefficient (Wildman–Crippen LogP) is 6.39. The summed E-state index contributed by atoms with van der Waals surface area (Å²) in [6, 6.07) is 0. The minimum atomic E-state index is 0.669. The molecule has 0 rings (SSSR count). The molecule has 0 aromatic rings. The lowest BCUT2D eigenvalue weighted by molar-refractivity contribution is -0.107. The van der Waals surface area contributed by atoms with Crippen LogP contribution >= 0.6 is 0 Å². The van der Waals surface area contributed by atoms with E-state index in [1.807, 2.05) is 0 Å². The Kier molecular flexibility index (Phi) is 17.4. The SMILES string of the molecule is CCCCC/C=C/CCCCCCC/C=C/CCC=O. The maximum absolute atomic E-state index is 10.1. The van der Waals surface area contributed by atoms with Crippen molar-refractivity contribution in [2.45, 2.75) is 90.4 Å². The van der Waals surface area contributed by atoms with Crippen LogP contribution in [-0.4, -0.2) is 6.29 Å². The van der Waals surface area contributed by atoms with Gasteiger partial charge in [0, 0.05) is 6.42 Å². The highest BCUT2D eigenvalue weighted by Crippen LogP contribution is 2.09. The van der Waals surface area contributed by atoms with Crippen molar-refractivity contribution < 1.29 is 4.79 Å².